The number of aromatic nitrogens is 3. The summed E-state index contributed by atoms with van der Waals surface area (Å²) >= 11 is 0. The quantitative estimate of drug-likeness (QED) is 0.0864. The van der Waals surface area contributed by atoms with Crippen LogP contribution in [0.2, 0.25) is 0 Å². The van der Waals surface area contributed by atoms with Crippen molar-refractivity contribution >= 4 is 81.6 Å². The van der Waals surface area contributed by atoms with E-state index in [4.69, 9.17) is 4.98 Å². The number of pyridine rings is 1. The highest BCUT2D eigenvalue weighted by Gasteiger charge is 2.48. The first-order valence-electron chi connectivity index (χ1n) is 23.0. The van der Waals surface area contributed by atoms with Gasteiger partial charge in [-0.2, -0.15) is 0 Å². The van der Waals surface area contributed by atoms with Crippen molar-refractivity contribution in [1.29, 1.82) is 0 Å². The number of para-hydroxylation sites is 5. The third-order valence-electron chi connectivity index (χ3n) is 13.6. The molecule has 2 aliphatic rings. The van der Waals surface area contributed by atoms with Crippen molar-refractivity contribution in [3.05, 3.63) is 241 Å². The third kappa shape index (κ3) is 6.60. The lowest BCUT2D eigenvalue weighted by Crippen LogP contribution is -2.55. The average Bonchev–Trinajstić information content (AvgIpc) is 4.03. The summed E-state index contributed by atoms with van der Waals surface area (Å²) in [5.41, 5.74) is 19.3. The molecule has 9 heteroatoms. The summed E-state index contributed by atoms with van der Waals surface area (Å²) in [5, 5.41) is 0. The van der Waals surface area contributed by atoms with Crippen LogP contribution in [0.3, 0.4) is 0 Å². The van der Waals surface area contributed by atoms with Gasteiger partial charge in [0.15, 0.2) is 0 Å². The Hall–Kier alpha value is -8.29. The van der Waals surface area contributed by atoms with Crippen molar-refractivity contribution < 1.29 is 4.57 Å². The zero-order valence-electron chi connectivity index (χ0n) is 38.0. The zero-order chi connectivity index (χ0) is 45.2. The van der Waals surface area contributed by atoms with E-state index in [0.717, 1.165) is 68.0 Å². The SMILES string of the molecule is Cc1cccc(C)c1B1N(c2ccccc2)c2ccc(-n3[c-][n+](-c4ccccc4)c4ccccc43)cc2N1c1cccc(N2B(c3c(C)cccc3C)N(c3ccccc3)c3cccnc32)c1. The highest BCUT2D eigenvalue weighted by Crippen LogP contribution is 2.50. The van der Waals surface area contributed by atoms with Crippen molar-refractivity contribution in [2.24, 2.45) is 0 Å². The molecule has 4 heterocycles. The normalized spacial score (nSPS) is 13.2. The molecular weight excluding hydrogens is 816 g/mol. The Morgan fingerprint density at radius 1 is 0.403 bits per heavy atom. The summed E-state index contributed by atoms with van der Waals surface area (Å²) in [5.74, 6) is 0.916. The van der Waals surface area contributed by atoms with Gasteiger partial charge in [-0.3, -0.25) is 9.13 Å². The molecular formula is C58H47B2N7. The average molecular weight is 864 g/mol. The number of aryl methyl sites for hydroxylation is 4. The van der Waals surface area contributed by atoms with Crippen LogP contribution < -0.4 is 34.7 Å². The van der Waals surface area contributed by atoms with Crippen LogP contribution >= 0.6 is 0 Å². The lowest BCUT2D eigenvalue weighted by molar-refractivity contribution is -0.572. The van der Waals surface area contributed by atoms with Gasteiger partial charge >= 0.3 is 14.0 Å². The molecule has 0 bridgehead atoms. The molecule has 67 heavy (non-hydrogen) atoms. The van der Waals surface area contributed by atoms with Gasteiger partial charge in [0.1, 0.15) is 5.82 Å². The van der Waals surface area contributed by atoms with E-state index in [0.29, 0.717) is 0 Å². The van der Waals surface area contributed by atoms with Gasteiger partial charge in [0.2, 0.25) is 0 Å². The van der Waals surface area contributed by atoms with E-state index in [1.807, 2.05) is 6.20 Å². The lowest BCUT2D eigenvalue weighted by atomic mass is 9.60. The fourth-order valence-corrected chi connectivity index (χ4v) is 10.6. The lowest BCUT2D eigenvalue weighted by Gasteiger charge is -2.34. The molecule has 10 aromatic rings. The molecule has 0 N–H and O–H groups in total. The maximum absolute atomic E-state index is 5.18. The first-order valence-corrected chi connectivity index (χ1v) is 23.0. The Morgan fingerprint density at radius 3 is 1.55 bits per heavy atom. The predicted octanol–water partition coefficient (Wildman–Crippen LogP) is 11.7. The zero-order valence-corrected chi connectivity index (χ0v) is 38.0. The minimum Gasteiger partial charge on any atom is -0.360 e. The van der Waals surface area contributed by atoms with E-state index >= 15 is 0 Å². The molecule has 7 nitrogen and oxygen atoms in total. The molecule has 0 aliphatic carbocycles. The molecule has 0 amide bonds. The van der Waals surface area contributed by atoms with Gasteiger partial charge in [0, 0.05) is 28.9 Å². The van der Waals surface area contributed by atoms with Gasteiger partial charge in [-0.15, -0.1) is 0 Å². The van der Waals surface area contributed by atoms with Crippen molar-refractivity contribution in [3.8, 4) is 11.4 Å². The molecule has 0 unspecified atom stereocenters. The Labute approximate surface area is 393 Å². The van der Waals surface area contributed by atoms with Gasteiger partial charge in [-0.05, 0) is 124 Å². The van der Waals surface area contributed by atoms with Crippen molar-refractivity contribution in [3.63, 3.8) is 0 Å². The molecule has 0 fully saturated rings. The van der Waals surface area contributed by atoms with E-state index in [1.165, 1.54) is 33.2 Å². The van der Waals surface area contributed by atoms with Crippen LogP contribution in [-0.4, -0.2) is 23.5 Å². The molecule has 0 saturated heterocycles. The van der Waals surface area contributed by atoms with Crippen LogP contribution in [-0.2, 0) is 0 Å². The van der Waals surface area contributed by atoms with Gasteiger partial charge in [0.05, 0.1) is 39.5 Å². The summed E-state index contributed by atoms with van der Waals surface area (Å²) < 4.78 is 4.36. The second kappa shape index (κ2) is 16.3. The summed E-state index contributed by atoms with van der Waals surface area (Å²) in [7, 11) is 0. The first kappa shape index (κ1) is 40.2. The summed E-state index contributed by atoms with van der Waals surface area (Å²) in [4.78, 5) is 15.2. The Kier molecular flexibility index (Phi) is 9.79. The highest BCUT2D eigenvalue weighted by atomic mass is 15.3. The summed E-state index contributed by atoms with van der Waals surface area (Å²) in [6.07, 6.45) is 5.68. The minimum absolute atomic E-state index is 0.203. The molecule has 0 atom stereocenters. The standard InChI is InChI=1S/C58H47B2N7/c1-41-20-16-21-42(2)56(41)59-64(46-26-10-6-11-27-46)53-36-35-48(63-40-62(45-24-8-5-9-25-45)51-32-14-15-33-52(51)63)39-55(53)66(59)49-30-18-31-50(38-49)67-58-54(34-19-37-61-58)65(47-28-12-7-13-29-47)60(67)57-43(3)22-17-23-44(57)4/h5-39H,1-4H3. The molecule has 12 rings (SSSR count). The van der Waals surface area contributed by atoms with Crippen molar-refractivity contribution in [1.82, 2.24) is 9.55 Å². The molecule has 2 aliphatic heterocycles. The van der Waals surface area contributed by atoms with Crippen LogP contribution in [0.4, 0.5) is 45.6 Å². The fourth-order valence-electron chi connectivity index (χ4n) is 10.6. The van der Waals surface area contributed by atoms with E-state index in [1.54, 1.807) is 0 Å². The second-order valence-corrected chi connectivity index (χ2v) is 17.6. The van der Waals surface area contributed by atoms with Gasteiger partial charge in [-0.25, -0.2) is 4.98 Å². The van der Waals surface area contributed by atoms with Crippen molar-refractivity contribution in [2.75, 3.05) is 19.2 Å². The van der Waals surface area contributed by atoms with E-state index in [2.05, 4.69) is 269 Å². The van der Waals surface area contributed by atoms with E-state index in [-0.39, 0.29) is 14.0 Å². The van der Waals surface area contributed by atoms with Gasteiger partial charge in [-0.1, -0.05) is 144 Å². The highest BCUT2D eigenvalue weighted by molar-refractivity contribution is 6.86. The Balaban J connectivity index is 1.10. The predicted molar refractivity (Wildman–Crippen MR) is 278 cm³/mol. The number of hydrogen-bond acceptors (Lipinski definition) is 5. The molecule has 0 radical (unpaired) electrons. The number of imidazole rings is 1. The number of fused-ring (bicyclic) bond motifs is 3. The molecule has 8 aromatic carbocycles. The molecule has 2 aromatic heterocycles. The van der Waals surface area contributed by atoms with Crippen LogP contribution in [0, 0.1) is 34.0 Å². The topological polar surface area (TPSA) is 34.7 Å². The van der Waals surface area contributed by atoms with E-state index < -0.39 is 0 Å². The monoisotopic (exact) mass is 863 g/mol. The largest absolute Gasteiger partial charge is 0.422 e. The smallest absolute Gasteiger partial charge is 0.360 e. The molecule has 0 saturated carbocycles. The van der Waals surface area contributed by atoms with E-state index in [9.17, 15) is 0 Å². The van der Waals surface area contributed by atoms with Crippen LogP contribution in [0.1, 0.15) is 22.3 Å². The number of anilines is 8. The third-order valence-corrected chi connectivity index (χ3v) is 13.6. The van der Waals surface area contributed by atoms with Gasteiger partial charge in [0.25, 0.3) is 6.33 Å². The van der Waals surface area contributed by atoms with Crippen molar-refractivity contribution in [2.45, 2.75) is 27.7 Å². The maximum Gasteiger partial charge on any atom is 0.422 e. The second-order valence-electron chi connectivity index (χ2n) is 17.6. The summed E-state index contributed by atoms with van der Waals surface area (Å²) in [6, 6.07) is 74.2. The van der Waals surface area contributed by atoms with Crippen LogP contribution in [0.25, 0.3) is 22.4 Å². The number of nitrogens with zero attached hydrogens (tertiary/aromatic N) is 7. The number of rotatable bonds is 8. The molecule has 0 spiro atoms. The van der Waals surface area contributed by atoms with Crippen LogP contribution in [0.15, 0.2) is 212 Å². The maximum atomic E-state index is 5.18. The number of hydrogen-bond donors (Lipinski definition) is 0. The summed E-state index contributed by atoms with van der Waals surface area (Å²) in [6.45, 7) is 8.54. The van der Waals surface area contributed by atoms with Crippen LogP contribution in [0.5, 0.6) is 0 Å². The molecule has 320 valence electrons. The first-order chi connectivity index (χ1) is 32.9. The Morgan fingerprint density at radius 2 is 0.910 bits per heavy atom. The van der Waals surface area contributed by atoms with Gasteiger partial charge < -0.3 is 19.2 Å². The number of benzene rings is 8. The fraction of sp³-hybridized carbons (Fsp3) is 0.0690. The Bertz CT molecular complexity index is 3430. The minimum atomic E-state index is -0.219.